The lowest BCUT2D eigenvalue weighted by atomic mass is 10.2. The summed E-state index contributed by atoms with van der Waals surface area (Å²) in [5.74, 6) is 0.131. The number of furan rings is 1. The van der Waals surface area contributed by atoms with Crippen molar-refractivity contribution in [2.45, 2.75) is 6.92 Å². The van der Waals surface area contributed by atoms with Gasteiger partial charge in [-0.05, 0) is 87.9 Å². The second kappa shape index (κ2) is 12.1. The molecule has 11 heteroatoms. The van der Waals surface area contributed by atoms with Crippen molar-refractivity contribution >= 4 is 89.1 Å². The molecule has 1 aromatic heterocycles. The van der Waals surface area contributed by atoms with Gasteiger partial charge in [-0.1, -0.05) is 33.6 Å². The van der Waals surface area contributed by atoms with Gasteiger partial charge in [0.05, 0.1) is 16.9 Å². The highest BCUT2D eigenvalue weighted by Gasteiger charge is 2.15. The van der Waals surface area contributed by atoms with Crippen LogP contribution in [0, 0.1) is 10.5 Å². The lowest BCUT2D eigenvalue weighted by Gasteiger charge is -2.13. The average Bonchev–Trinajstić information content (AvgIpc) is 3.30. The van der Waals surface area contributed by atoms with Crippen LogP contribution in [-0.4, -0.2) is 31.7 Å². The number of hydrogen-bond acceptors (Lipinski definition) is 6. The van der Waals surface area contributed by atoms with E-state index in [2.05, 4.69) is 70.3 Å². The second-order valence-corrected chi connectivity index (χ2v) is 10.8. The van der Waals surface area contributed by atoms with Crippen molar-refractivity contribution in [1.82, 2.24) is 5.43 Å². The third-order valence-electron chi connectivity index (χ3n) is 5.11. The molecule has 0 unspecified atom stereocenters. The molecule has 0 saturated carbocycles. The van der Waals surface area contributed by atoms with Gasteiger partial charge < -0.3 is 19.2 Å². The Morgan fingerprint density at radius 2 is 1.84 bits per heavy atom. The molecule has 1 heterocycles. The van der Waals surface area contributed by atoms with Crippen LogP contribution in [0.5, 0.6) is 11.5 Å². The summed E-state index contributed by atoms with van der Waals surface area (Å²) >= 11 is 9.05. The molecule has 2 N–H and O–H groups in total. The van der Waals surface area contributed by atoms with Gasteiger partial charge in [0.25, 0.3) is 5.91 Å². The minimum Gasteiger partial charge on any atom is -0.493 e. The number of carbonyl (C=O) groups is 2. The molecular weight excluding hydrogens is 721 g/mol. The molecule has 37 heavy (non-hydrogen) atoms. The van der Waals surface area contributed by atoms with Crippen molar-refractivity contribution in [3.8, 4) is 11.5 Å². The molecule has 0 aliphatic carbocycles. The number of halogens is 3. The molecule has 0 aliphatic rings. The summed E-state index contributed by atoms with van der Waals surface area (Å²) in [6, 6.07) is 16.3. The van der Waals surface area contributed by atoms with E-state index < -0.39 is 5.91 Å². The van der Waals surface area contributed by atoms with Crippen LogP contribution in [0.15, 0.2) is 73.1 Å². The number of carbonyl (C=O) groups excluding carboxylic acids is 2. The molecule has 0 aliphatic heterocycles. The highest BCUT2D eigenvalue weighted by molar-refractivity contribution is 14.1. The maximum atomic E-state index is 12.5. The summed E-state index contributed by atoms with van der Waals surface area (Å²) in [7, 11) is 1.49. The Morgan fingerprint density at radius 1 is 1.08 bits per heavy atom. The molecule has 2 amide bonds. The van der Waals surface area contributed by atoms with Crippen LogP contribution >= 0.6 is 54.5 Å². The van der Waals surface area contributed by atoms with Crippen molar-refractivity contribution in [1.29, 1.82) is 0 Å². The topological polar surface area (TPSA) is 102 Å². The molecule has 0 fully saturated rings. The Morgan fingerprint density at radius 3 is 2.57 bits per heavy atom. The summed E-state index contributed by atoms with van der Waals surface area (Å²) in [6.45, 7) is 1.77. The van der Waals surface area contributed by atoms with Crippen LogP contribution in [-0.2, 0) is 4.79 Å². The SMILES string of the molecule is COc1cc(/C=N\NC(=O)c2cc3cc(Br)cc(I)c3o2)c(Br)cc1OCC(=O)Nc1ccc(C)cc1. The molecule has 190 valence electrons. The van der Waals surface area contributed by atoms with E-state index in [9.17, 15) is 9.59 Å². The minimum atomic E-state index is -0.484. The second-order valence-electron chi connectivity index (χ2n) is 7.84. The molecule has 8 nitrogen and oxygen atoms in total. The fourth-order valence-corrected chi connectivity index (χ4v) is 5.39. The Labute approximate surface area is 243 Å². The summed E-state index contributed by atoms with van der Waals surface area (Å²) in [4.78, 5) is 24.8. The number of fused-ring (bicyclic) bond motifs is 1. The number of ether oxygens (including phenoxy) is 2. The number of anilines is 1. The first-order chi connectivity index (χ1) is 17.7. The van der Waals surface area contributed by atoms with Gasteiger partial charge in [-0.25, -0.2) is 5.43 Å². The smallest absolute Gasteiger partial charge is 0.307 e. The predicted octanol–water partition coefficient (Wildman–Crippen LogP) is 6.66. The van der Waals surface area contributed by atoms with Gasteiger partial charge in [0.1, 0.15) is 5.58 Å². The first-order valence-corrected chi connectivity index (χ1v) is 13.5. The highest BCUT2D eigenvalue weighted by Crippen LogP contribution is 2.33. The van der Waals surface area contributed by atoms with E-state index in [0.29, 0.717) is 32.8 Å². The molecular formula is C26H20Br2IN3O5. The van der Waals surface area contributed by atoms with Crippen LogP contribution < -0.4 is 20.2 Å². The molecule has 0 radical (unpaired) electrons. The molecule has 0 spiro atoms. The van der Waals surface area contributed by atoms with E-state index in [4.69, 9.17) is 13.9 Å². The van der Waals surface area contributed by atoms with Crippen molar-refractivity contribution in [3.63, 3.8) is 0 Å². The summed E-state index contributed by atoms with van der Waals surface area (Å²) in [5.41, 5.74) is 5.51. The first kappa shape index (κ1) is 27.1. The van der Waals surface area contributed by atoms with Crippen LogP contribution in [0.3, 0.4) is 0 Å². The maximum Gasteiger partial charge on any atom is 0.307 e. The van der Waals surface area contributed by atoms with E-state index >= 15 is 0 Å². The zero-order chi connectivity index (χ0) is 26.5. The van der Waals surface area contributed by atoms with E-state index in [1.54, 1.807) is 18.2 Å². The first-order valence-electron chi connectivity index (χ1n) is 10.8. The van der Waals surface area contributed by atoms with E-state index in [1.807, 2.05) is 43.3 Å². The Kier molecular flexibility index (Phi) is 8.87. The van der Waals surface area contributed by atoms with Gasteiger partial charge in [-0.3, -0.25) is 9.59 Å². The lowest BCUT2D eigenvalue weighted by molar-refractivity contribution is -0.118. The van der Waals surface area contributed by atoms with E-state index in [-0.39, 0.29) is 18.3 Å². The number of hydrogen-bond donors (Lipinski definition) is 2. The number of rotatable bonds is 8. The monoisotopic (exact) mass is 739 g/mol. The summed E-state index contributed by atoms with van der Waals surface area (Å²) in [6.07, 6.45) is 1.46. The number of nitrogens with one attached hydrogen (secondary N) is 2. The molecule has 4 rings (SSSR count). The Bertz CT molecular complexity index is 1500. The zero-order valence-corrected chi connectivity index (χ0v) is 24.9. The van der Waals surface area contributed by atoms with Gasteiger partial charge in [0, 0.05) is 25.6 Å². The minimum absolute atomic E-state index is 0.146. The van der Waals surface area contributed by atoms with Crippen molar-refractivity contribution < 1.29 is 23.5 Å². The van der Waals surface area contributed by atoms with Gasteiger partial charge in [0.15, 0.2) is 23.9 Å². The van der Waals surface area contributed by atoms with Crippen molar-refractivity contribution in [2.75, 3.05) is 19.0 Å². The fourth-order valence-electron chi connectivity index (χ4n) is 3.30. The fraction of sp³-hybridized carbons (Fsp3) is 0.115. The number of hydrazone groups is 1. The number of nitrogens with zero attached hydrogens (tertiary/aromatic N) is 1. The third-order valence-corrected chi connectivity index (χ3v) is 7.05. The molecule has 3 aromatic carbocycles. The number of aryl methyl sites for hydroxylation is 1. The third kappa shape index (κ3) is 6.90. The molecule has 4 aromatic rings. The standard InChI is InChI=1S/C26H20Br2IN3O5/c1-14-3-5-18(6-4-14)31-24(33)13-36-22-11-19(28)16(9-21(22)35-2)12-30-32-26(34)23-8-15-7-17(27)10-20(29)25(15)37-23/h3-12H,13H2,1-2H3,(H,31,33)(H,32,34)/b30-12-. The lowest BCUT2D eigenvalue weighted by Crippen LogP contribution is -2.20. The van der Waals surface area contributed by atoms with Crippen molar-refractivity contribution in [3.05, 3.63) is 84.0 Å². The van der Waals surface area contributed by atoms with Crippen molar-refractivity contribution in [2.24, 2.45) is 5.10 Å². The van der Waals surface area contributed by atoms with Gasteiger partial charge in [-0.2, -0.15) is 5.10 Å². The average molecular weight is 741 g/mol. The highest BCUT2D eigenvalue weighted by atomic mass is 127. The zero-order valence-electron chi connectivity index (χ0n) is 19.6. The number of methoxy groups -OCH3 is 1. The predicted molar refractivity (Wildman–Crippen MR) is 158 cm³/mol. The van der Waals surface area contributed by atoms with Gasteiger partial charge in [-0.15, -0.1) is 0 Å². The molecule has 0 bridgehead atoms. The maximum absolute atomic E-state index is 12.5. The normalized spacial score (nSPS) is 11.1. The Hall–Kier alpha value is -2.90. The largest absolute Gasteiger partial charge is 0.493 e. The summed E-state index contributed by atoms with van der Waals surface area (Å²) in [5, 5.41) is 7.62. The van der Waals surface area contributed by atoms with Crippen LogP contribution in [0.25, 0.3) is 11.0 Å². The van der Waals surface area contributed by atoms with Crippen LogP contribution in [0.4, 0.5) is 5.69 Å². The Balaban J connectivity index is 1.40. The summed E-state index contributed by atoms with van der Waals surface area (Å²) < 4.78 is 19.2. The van der Waals surface area contributed by atoms with Gasteiger partial charge >= 0.3 is 5.91 Å². The van der Waals surface area contributed by atoms with Gasteiger partial charge in [0.2, 0.25) is 0 Å². The van der Waals surface area contributed by atoms with E-state index in [1.165, 1.54) is 13.3 Å². The quantitative estimate of drug-likeness (QED) is 0.120. The number of amides is 2. The van der Waals surface area contributed by atoms with Crippen LogP contribution in [0.1, 0.15) is 21.7 Å². The van der Waals surface area contributed by atoms with E-state index in [0.717, 1.165) is 19.0 Å². The van der Waals surface area contributed by atoms with Crippen LogP contribution in [0.2, 0.25) is 0 Å². The molecule has 0 atom stereocenters. The molecule has 0 saturated heterocycles. The number of benzene rings is 3.